The van der Waals surface area contributed by atoms with Crippen LogP contribution in [0.4, 0.5) is 5.95 Å². The van der Waals surface area contributed by atoms with Gasteiger partial charge in [0.2, 0.25) is 5.95 Å². The molecule has 0 bridgehead atoms. The molecular weight excluding hydrogens is 240 g/mol. The maximum atomic E-state index is 5.76. The predicted molar refractivity (Wildman–Crippen MR) is 72.0 cm³/mol. The largest absolute Gasteiger partial charge is 0.496 e. The lowest BCUT2D eigenvalue weighted by molar-refractivity contribution is 0.410. The van der Waals surface area contributed by atoms with Crippen LogP contribution in [0.15, 0.2) is 24.3 Å². The minimum atomic E-state index is 0.307. The summed E-state index contributed by atoms with van der Waals surface area (Å²) in [5, 5.41) is 0. The number of rotatable bonds is 4. The predicted octanol–water partition coefficient (Wildman–Crippen LogP) is 1.93. The van der Waals surface area contributed by atoms with Crippen LogP contribution in [0.25, 0.3) is 0 Å². The van der Waals surface area contributed by atoms with E-state index in [4.69, 9.17) is 10.5 Å². The third-order valence-electron chi connectivity index (χ3n) is 3.20. The van der Waals surface area contributed by atoms with Crippen LogP contribution in [0.3, 0.4) is 0 Å². The third-order valence-corrected chi connectivity index (χ3v) is 3.20. The number of hydrogen-bond donors (Lipinski definition) is 1. The molecule has 0 aliphatic heterocycles. The van der Waals surface area contributed by atoms with Crippen LogP contribution >= 0.6 is 0 Å². The molecule has 1 fully saturated rings. The molecule has 1 saturated carbocycles. The van der Waals surface area contributed by atoms with Gasteiger partial charge in [-0.25, -0.2) is 4.98 Å². The van der Waals surface area contributed by atoms with Gasteiger partial charge in [-0.05, 0) is 18.9 Å². The lowest BCUT2D eigenvalue weighted by Crippen LogP contribution is -2.07. The fourth-order valence-electron chi connectivity index (χ4n) is 2.08. The van der Waals surface area contributed by atoms with Gasteiger partial charge < -0.3 is 10.5 Å². The maximum absolute atomic E-state index is 5.76. The molecule has 1 aliphatic carbocycles. The van der Waals surface area contributed by atoms with E-state index >= 15 is 0 Å². The van der Waals surface area contributed by atoms with Crippen LogP contribution in [0.1, 0.15) is 36.0 Å². The Kier molecular flexibility index (Phi) is 3.03. The molecule has 0 amide bonds. The van der Waals surface area contributed by atoms with Gasteiger partial charge in [0.15, 0.2) is 0 Å². The highest BCUT2D eigenvalue weighted by Crippen LogP contribution is 2.38. The summed E-state index contributed by atoms with van der Waals surface area (Å²) in [7, 11) is 1.66. The summed E-state index contributed by atoms with van der Waals surface area (Å²) < 4.78 is 5.34. The summed E-state index contributed by atoms with van der Waals surface area (Å²) in [4.78, 5) is 12.9. The van der Waals surface area contributed by atoms with Crippen molar-refractivity contribution in [1.29, 1.82) is 0 Å². The van der Waals surface area contributed by atoms with Crippen molar-refractivity contribution in [3.8, 4) is 5.75 Å². The van der Waals surface area contributed by atoms with Crippen molar-refractivity contribution >= 4 is 5.95 Å². The van der Waals surface area contributed by atoms with Crippen molar-refractivity contribution in [1.82, 2.24) is 15.0 Å². The van der Waals surface area contributed by atoms with Gasteiger partial charge in [-0.3, -0.25) is 0 Å². The second-order valence-corrected chi connectivity index (χ2v) is 4.73. The molecule has 0 spiro atoms. The van der Waals surface area contributed by atoms with Gasteiger partial charge in [0.1, 0.15) is 17.4 Å². The van der Waals surface area contributed by atoms with Gasteiger partial charge in [-0.1, -0.05) is 18.2 Å². The Balaban J connectivity index is 1.90. The highest BCUT2D eigenvalue weighted by atomic mass is 16.5. The zero-order valence-corrected chi connectivity index (χ0v) is 10.8. The molecule has 0 radical (unpaired) electrons. The van der Waals surface area contributed by atoms with Gasteiger partial charge in [-0.15, -0.1) is 0 Å². The minimum Gasteiger partial charge on any atom is -0.496 e. The van der Waals surface area contributed by atoms with Crippen LogP contribution in [-0.4, -0.2) is 22.1 Å². The van der Waals surface area contributed by atoms with Crippen LogP contribution < -0.4 is 10.5 Å². The second kappa shape index (κ2) is 4.84. The number of nitrogen functional groups attached to an aromatic ring is 1. The van der Waals surface area contributed by atoms with Gasteiger partial charge in [-0.2, -0.15) is 9.97 Å². The first-order chi connectivity index (χ1) is 9.26. The molecule has 0 saturated heterocycles. The molecule has 1 heterocycles. The molecule has 5 nitrogen and oxygen atoms in total. The van der Waals surface area contributed by atoms with E-state index in [9.17, 15) is 0 Å². The van der Waals surface area contributed by atoms with E-state index in [-0.39, 0.29) is 0 Å². The smallest absolute Gasteiger partial charge is 0.223 e. The van der Waals surface area contributed by atoms with Crippen molar-refractivity contribution in [2.75, 3.05) is 12.8 Å². The number of aromatic nitrogens is 3. The number of ether oxygens (including phenoxy) is 1. The molecular formula is C14H16N4O. The Labute approximate surface area is 111 Å². The van der Waals surface area contributed by atoms with Crippen LogP contribution in [0.2, 0.25) is 0 Å². The van der Waals surface area contributed by atoms with Gasteiger partial charge in [0, 0.05) is 17.9 Å². The SMILES string of the molecule is COc1ccccc1Cc1nc(N)nc(C2CC2)n1. The Bertz CT molecular complexity index is 596. The summed E-state index contributed by atoms with van der Waals surface area (Å²) >= 11 is 0. The first-order valence-electron chi connectivity index (χ1n) is 6.38. The van der Waals surface area contributed by atoms with Crippen molar-refractivity contribution in [2.24, 2.45) is 0 Å². The molecule has 1 aromatic heterocycles. The van der Waals surface area contributed by atoms with E-state index in [1.165, 1.54) is 0 Å². The molecule has 2 aromatic rings. The molecule has 5 heteroatoms. The number of benzene rings is 1. The van der Waals surface area contributed by atoms with Crippen molar-refractivity contribution in [3.05, 3.63) is 41.5 Å². The fourth-order valence-corrected chi connectivity index (χ4v) is 2.08. The van der Waals surface area contributed by atoms with E-state index in [2.05, 4.69) is 15.0 Å². The number of anilines is 1. The highest BCUT2D eigenvalue weighted by Gasteiger charge is 2.27. The molecule has 98 valence electrons. The molecule has 19 heavy (non-hydrogen) atoms. The second-order valence-electron chi connectivity index (χ2n) is 4.73. The first kappa shape index (κ1) is 11.9. The highest BCUT2D eigenvalue weighted by molar-refractivity contribution is 5.35. The Morgan fingerprint density at radius 2 is 2.00 bits per heavy atom. The topological polar surface area (TPSA) is 73.9 Å². The van der Waals surface area contributed by atoms with E-state index in [1.54, 1.807) is 7.11 Å². The summed E-state index contributed by atoms with van der Waals surface area (Å²) in [6.07, 6.45) is 2.91. The van der Waals surface area contributed by atoms with Crippen LogP contribution in [-0.2, 0) is 6.42 Å². The zero-order chi connectivity index (χ0) is 13.2. The molecule has 0 atom stereocenters. The van der Waals surface area contributed by atoms with Crippen LogP contribution in [0.5, 0.6) is 5.75 Å². The number of methoxy groups -OCH3 is 1. The van der Waals surface area contributed by atoms with E-state index in [0.29, 0.717) is 24.1 Å². The average molecular weight is 256 g/mol. The summed E-state index contributed by atoms with van der Waals surface area (Å²) in [6, 6.07) is 7.86. The van der Waals surface area contributed by atoms with Gasteiger partial charge in [0.25, 0.3) is 0 Å². The van der Waals surface area contributed by atoms with Crippen molar-refractivity contribution in [2.45, 2.75) is 25.2 Å². The van der Waals surface area contributed by atoms with Gasteiger partial charge in [0.05, 0.1) is 7.11 Å². The monoisotopic (exact) mass is 256 g/mol. The van der Waals surface area contributed by atoms with E-state index in [0.717, 1.165) is 30.0 Å². The molecule has 1 aromatic carbocycles. The molecule has 2 N–H and O–H groups in total. The number of nitrogens with zero attached hydrogens (tertiary/aromatic N) is 3. The normalized spacial score (nSPS) is 14.4. The standard InChI is InChI=1S/C14H16N4O/c1-19-11-5-3-2-4-10(11)8-12-16-13(9-6-7-9)18-14(15)17-12/h2-5,9H,6-8H2,1H3,(H2,15,16,17,18). The molecule has 3 rings (SSSR count). The van der Waals surface area contributed by atoms with Crippen molar-refractivity contribution in [3.63, 3.8) is 0 Å². The maximum Gasteiger partial charge on any atom is 0.223 e. The number of para-hydroxylation sites is 1. The van der Waals surface area contributed by atoms with Gasteiger partial charge >= 0.3 is 0 Å². The third kappa shape index (κ3) is 2.65. The summed E-state index contributed by atoms with van der Waals surface area (Å²) in [6.45, 7) is 0. The Morgan fingerprint density at radius 1 is 1.21 bits per heavy atom. The Hall–Kier alpha value is -2.17. The Morgan fingerprint density at radius 3 is 2.74 bits per heavy atom. The number of hydrogen-bond acceptors (Lipinski definition) is 5. The number of nitrogens with two attached hydrogens (primary N) is 1. The molecule has 0 unspecified atom stereocenters. The van der Waals surface area contributed by atoms with Crippen molar-refractivity contribution < 1.29 is 4.74 Å². The fraction of sp³-hybridized carbons (Fsp3) is 0.357. The lowest BCUT2D eigenvalue weighted by Gasteiger charge is -2.08. The quantitative estimate of drug-likeness (QED) is 0.904. The molecule has 1 aliphatic rings. The van der Waals surface area contributed by atoms with E-state index in [1.807, 2.05) is 24.3 Å². The first-order valence-corrected chi connectivity index (χ1v) is 6.38. The zero-order valence-electron chi connectivity index (χ0n) is 10.8. The van der Waals surface area contributed by atoms with Crippen LogP contribution in [0, 0.1) is 0 Å². The average Bonchev–Trinajstić information content (AvgIpc) is 3.23. The summed E-state index contributed by atoms with van der Waals surface area (Å²) in [5.41, 5.74) is 6.81. The minimum absolute atomic E-state index is 0.307. The lowest BCUT2D eigenvalue weighted by atomic mass is 10.1. The summed E-state index contributed by atoms with van der Waals surface area (Å²) in [5.74, 6) is 3.16. The van der Waals surface area contributed by atoms with E-state index < -0.39 is 0 Å².